The molecule has 1 saturated heterocycles. The third kappa shape index (κ3) is 3.96. The molecule has 13 heteroatoms. The SMILES string of the molecule is C[C@@]1(O)C(O)[C@@H](CNS(N)(=O)=O)O[C@H]1n1cnc2c(NC3CCc4ccccc43)ncnc21. The van der Waals surface area contributed by atoms with Crippen molar-refractivity contribution in [3.63, 3.8) is 0 Å². The average molecular weight is 476 g/mol. The normalized spacial score (nSPS) is 29.5. The number of nitrogens with zero attached hydrogens (tertiary/aromatic N) is 4. The fourth-order valence-electron chi connectivity index (χ4n) is 4.61. The van der Waals surface area contributed by atoms with E-state index in [9.17, 15) is 18.6 Å². The molecule has 0 bridgehead atoms. The van der Waals surface area contributed by atoms with Gasteiger partial charge in [0.1, 0.15) is 24.1 Å². The molecule has 5 rings (SSSR count). The van der Waals surface area contributed by atoms with Crippen molar-refractivity contribution < 1.29 is 23.4 Å². The molecule has 1 fully saturated rings. The summed E-state index contributed by atoms with van der Waals surface area (Å²) in [6.45, 7) is 1.10. The number of anilines is 1. The van der Waals surface area contributed by atoms with Crippen LogP contribution >= 0.6 is 0 Å². The minimum absolute atomic E-state index is 0.0887. The molecule has 0 amide bonds. The molecule has 0 saturated carbocycles. The van der Waals surface area contributed by atoms with Crippen LogP contribution in [-0.4, -0.2) is 62.5 Å². The van der Waals surface area contributed by atoms with Crippen LogP contribution in [0.1, 0.15) is 36.7 Å². The summed E-state index contributed by atoms with van der Waals surface area (Å²) in [4.78, 5) is 13.1. The van der Waals surface area contributed by atoms with E-state index in [-0.39, 0.29) is 12.6 Å². The lowest BCUT2D eigenvalue weighted by Gasteiger charge is -2.27. The molecule has 5 atom stereocenters. The van der Waals surface area contributed by atoms with E-state index in [1.54, 1.807) is 0 Å². The van der Waals surface area contributed by atoms with E-state index >= 15 is 0 Å². The smallest absolute Gasteiger partial charge is 0.274 e. The molecular formula is C20H25N7O5S. The molecule has 3 heterocycles. The Morgan fingerprint density at radius 1 is 1.30 bits per heavy atom. The van der Waals surface area contributed by atoms with Gasteiger partial charge in [-0.2, -0.15) is 13.1 Å². The Morgan fingerprint density at radius 3 is 2.88 bits per heavy atom. The Balaban J connectivity index is 1.43. The summed E-state index contributed by atoms with van der Waals surface area (Å²) < 4.78 is 31.9. The fourth-order valence-corrected chi connectivity index (χ4v) is 5.00. The van der Waals surface area contributed by atoms with Gasteiger partial charge in [0.2, 0.25) is 0 Å². The fraction of sp³-hybridized carbons (Fsp3) is 0.450. The minimum atomic E-state index is -3.99. The summed E-state index contributed by atoms with van der Waals surface area (Å²) in [6.07, 6.45) is 1.26. The molecule has 12 nitrogen and oxygen atoms in total. The molecule has 3 aromatic rings. The number of ether oxygens (including phenoxy) is 1. The Kier molecular flexibility index (Phi) is 5.34. The second kappa shape index (κ2) is 7.97. The Hall–Kier alpha value is -2.68. The van der Waals surface area contributed by atoms with Crippen LogP contribution in [0, 0.1) is 0 Å². The molecular weight excluding hydrogens is 450 g/mol. The lowest BCUT2D eigenvalue weighted by molar-refractivity contribution is -0.0938. The predicted octanol–water partition coefficient (Wildman–Crippen LogP) is -0.272. The van der Waals surface area contributed by atoms with Gasteiger partial charge >= 0.3 is 0 Å². The number of rotatable bonds is 6. The summed E-state index contributed by atoms with van der Waals surface area (Å²) in [5.74, 6) is 0.547. The van der Waals surface area contributed by atoms with Crippen molar-refractivity contribution in [3.8, 4) is 0 Å². The first-order chi connectivity index (χ1) is 15.6. The number of aliphatic hydroxyl groups is 2. The van der Waals surface area contributed by atoms with Gasteiger partial charge in [0.15, 0.2) is 23.2 Å². The van der Waals surface area contributed by atoms with Gasteiger partial charge in [-0.25, -0.2) is 20.1 Å². The van der Waals surface area contributed by atoms with E-state index in [0.29, 0.717) is 17.0 Å². The summed E-state index contributed by atoms with van der Waals surface area (Å²) in [6, 6.07) is 8.34. The summed E-state index contributed by atoms with van der Waals surface area (Å²) in [7, 11) is -3.99. The number of hydrogen-bond donors (Lipinski definition) is 5. The Labute approximate surface area is 190 Å². The van der Waals surface area contributed by atoms with Crippen LogP contribution in [0.2, 0.25) is 0 Å². The molecule has 1 aromatic carbocycles. The van der Waals surface area contributed by atoms with Gasteiger partial charge < -0.3 is 20.3 Å². The maximum Gasteiger partial charge on any atom is 0.274 e. The van der Waals surface area contributed by atoms with Gasteiger partial charge in [0.05, 0.1) is 12.4 Å². The Morgan fingerprint density at radius 2 is 2.09 bits per heavy atom. The van der Waals surface area contributed by atoms with Crippen LogP contribution in [0.15, 0.2) is 36.9 Å². The number of aliphatic hydroxyl groups excluding tert-OH is 1. The zero-order chi connectivity index (χ0) is 23.4. The number of aromatic nitrogens is 4. The number of benzene rings is 1. The Bertz CT molecular complexity index is 1290. The number of aryl methyl sites for hydroxylation is 1. The van der Waals surface area contributed by atoms with Crippen LogP contribution in [0.25, 0.3) is 11.2 Å². The third-order valence-electron chi connectivity index (χ3n) is 6.30. The molecule has 2 unspecified atom stereocenters. The molecule has 2 aromatic heterocycles. The van der Waals surface area contributed by atoms with Gasteiger partial charge in [0, 0.05) is 6.54 Å². The maximum absolute atomic E-state index is 11.2. The molecule has 0 spiro atoms. The number of imidazole rings is 1. The molecule has 2 aliphatic rings. The lowest BCUT2D eigenvalue weighted by atomic mass is 9.96. The highest BCUT2D eigenvalue weighted by molar-refractivity contribution is 7.87. The van der Waals surface area contributed by atoms with Gasteiger partial charge in [0.25, 0.3) is 10.2 Å². The molecule has 33 heavy (non-hydrogen) atoms. The van der Waals surface area contributed by atoms with Crippen molar-refractivity contribution in [1.29, 1.82) is 0 Å². The first kappa shape index (κ1) is 22.1. The number of nitrogens with one attached hydrogen (secondary N) is 2. The van der Waals surface area contributed by atoms with Gasteiger partial charge in [-0.15, -0.1) is 0 Å². The van der Waals surface area contributed by atoms with Crippen LogP contribution in [-0.2, 0) is 21.4 Å². The summed E-state index contributed by atoms with van der Waals surface area (Å²) in [5, 5.41) is 29.9. The van der Waals surface area contributed by atoms with Crippen molar-refractivity contribution in [2.45, 2.75) is 49.8 Å². The van der Waals surface area contributed by atoms with Crippen LogP contribution in [0.3, 0.4) is 0 Å². The van der Waals surface area contributed by atoms with Crippen LogP contribution in [0.4, 0.5) is 5.82 Å². The average Bonchev–Trinajstić information content (AvgIpc) is 3.43. The summed E-state index contributed by atoms with van der Waals surface area (Å²) in [5.41, 5.74) is 1.66. The minimum Gasteiger partial charge on any atom is -0.387 e. The third-order valence-corrected chi connectivity index (χ3v) is 6.86. The highest BCUT2D eigenvalue weighted by Gasteiger charge is 2.53. The largest absolute Gasteiger partial charge is 0.387 e. The summed E-state index contributed by atoms with van der Waals surface area (Å²) >= 11 is 0. The van der Waals surface area contributed by atoms with E-state index < -0.39 is 34.2 Å². The highest BCUT2D eigenvalue weighted by atomic mass is 32.2. The van der Waals surface area contributed by atoms with Crippen molar-refractivity contribution in [3.05, 3.63) is 48.0 Å². The first-order valence-corrected chi connectivity index (χ1v) is 12.0. The number of fused-ring (bicyclic) bond motifs is 2. The predicted molar refractivity (Wildman–Crippen MR) is 118 cm³/mol. The number of nitrogens with two attached hydrogens (primary N) is 1. The standard InChI is InChI=1S/C20H25N7O5S/c1-20(29)16(28)14(8-25-33(21,30)31)32-19(20)27-10-24-15-17(22-9-23-18(15)27)26-13-7-6-11-4-2-3-5-12(11)13/h2-5,9-10,13-14,16,19,25,28-29H,6-8H2,1H3,(H2,21,30,31)(H,22,23,26)/t13?,14-,16?,19-,20-/m1/s1. The van der Waals surface area contributed by atoms with E-state index in [1.807, 2.05) is 12.1 Å². The van der Waals surface area contributed by atoms with E-state index in [1.165, 1.54) is 35.3 Å². The lowest BCUT2D eigenvalue weighted by Crippen LogP contribution is -2.47. The van der Waals surface area contributed by atoms with Gasteiger partial charge in [-0.3, -0.25) is 4.57 Å². The van der Waals surface area contributed by atoms with Crippen LogP contribution in [0.5, 0.6) is 0 Å². The van der Waals surface area contributed by atoms with Crippen molar-refractivity contribution in [2.75, 3.05) is 11.9 Å². The molecule has 1 aliphatic carbocycles. The molecule has 1 aliphatic heterocycles. The van der Waals surface area contributed by atoms with Gasteiger partial charge in [-0.1, -0.05) is 24.3 Å². The molecule has 176 valence electrons. The van der Waals surface area contributed by atoms with E-state index in [2.05, 4.69) is 37.1 Å². The zero-order valence-corrected chi connectivity index (χ0v) is 18.6. The quantitative estimate of drug-likeness (QED) is 0.321. The second-order valence-electron chi connectivity index (χ2n) is 8.57. The van der Waals surface area contributed by atoms with Crippen molar-refractivity contribution >= 4 is 27.2 Å². The zero-order valence-electron chi connectivity index (χ0n) is 17.8. The topological polar surface area (TPSA) is 178 Å². The molecule has 0 radical (unpaired) electrons. The van der Waals surface area contributed by atoms with Gasteiger partial charge in [-0.05, 0) is 30.9 Å². The number of hydrogen-bond acceptors (Lipinski definition) is 9. The highest BCUT2D eigenvalue weighted by Crippen LogP contribution is 2.40. The van der Waals surface area contributed by atoms with Crippen LogP contribution < -0.4 is 15.2 Å². The second-order valence-corrected chi connectivity index (χ2v) is 9.95. The van der Waals surface area contributed by atoms with E-state index in [0.717, 1.165) is 12.8 Å². The first-order valence-electron chi connectivity index (χ1n) is 10.5. The monoisotopic (exact) mass is 475 g/mol. The maximum atomic E-state index is 11.2. The van der Waals surface area contributed by atoms with Crippen molar-refractivity contribution in [2.24, 2.45) is 5.14 Å². The molecule has 6 N–H and O–H groups in total. The van der Waals surface area contributed by atoms with Crippen molar-refractivity contribution in [1.82, 2.24) is 24.2 Å². The van der Waals surface area contributed by atoms with E-state index in [4.69, 9.17) is 9.88 Å².